The molecule has 0 aromatic heterocycles. The minimum absolute atomic E-state index is 0.260. The van der Waals surface area contributed by atoms with Gasteiger partial charge in [0.05, 0.1) is 0 Å². The maximum absolute atomic E-state index is 3.63. The van der Waals surface area contributed by atoms with Crippen LogP contribution in [0.3, 0.4) is 0 Å². The van der Waals surface area contributed by atoms with E-state index in [1.165, 1.54) is 18.6 Å². The quantitative estimate of drug-likeness (QED) is 0.518. The number of halogens is 2. The van der Waals surface area contributed by atoms with Gasteiger partial charge >= 0.3 is 122 Å². The van der Waals surface area contributed by atoms with Crippen molar-refractivity contribution >= 4 is 71.4 Å². The first-order valence-corrected chi connectivity index (χ1v) is 8.69. The Balaban J connectivity index is 2.16. The van der Waals surface area contributed by atoms with Crippen LogP contribution in [0.5, 0.6) is 0 Å². The molecule has 0 fully saturated rings. The fraction of sp³-hybridized carbons (Fsp3) is 0. The van der Waals surface area contributed by atoms with Crippen LogP contribution in [0.25, 0.3) is 0 Å². The Morgan fingerprint density at radius 1 is 0.938 bits per heavy atom. The molecule has 0 atom stereocenters. The van der Waals surface area contributed by atoms with Crippen LogP contribution in [0.15, 0.2) is 45.3 Å². The van der Waals surface area contributed by atoms with Crippen LogP contribution in [0, 0.1) is 0 Å². The summed E-state index contributed by atoms with van der Waals surface area (Å²) in [5, 5.41) is 3.51. The van der Waals surface area contributed by atoms with E-state index in [0.29, 0.717) is 0 Å². The van der Waals surface area contributed by atoms with E-state index >= 15 is 0 Å². The number of hydrogen-bond acceptors (Lipinski definition) is 1. The van der Waals surface area contributed by atoms with Gasteiger partial charge in [0.25, 0.3) is 0 Å². The van der Waals surface area contributed by atoms with Gasteiger partial charge in [-0.1, -0.05) is 0 Å². The van der Waals surface area contributed by atoms with E-state index in [1.807, 2.05) is 0 Å². The van der Waals surface area contributed by atoms with E-state index in [9.17, 15) is 0 Å². The molecule has 1 heterocycles. The minimum atomic E-state index is -0.260. The van der Waals surface area contributed by atoms with Gasteiger partial charge in [0, 0.05) is 0 Å². The molecular weight excluding hydrogens is 446 g/mol. The molecule has 3 rings (SSSR count). The predicted octanol–water partition coefficient (Wildman–Crippen LogP) is 2.92. The normalized spacial score (nSPS) is 12.6. The maximum atomic E-state index is 3.63. The first-order valence-electron chi connectivity index (χ1n) is 4.77. The third kappa shape index (κ3) is 1.82. The van der Waals surface area contributed by atoms with Crippen molar-refractivity contribution in [2.45, 2.75) is 0 Å². The van der Waals surface area contributed by atoms with E-state index < -0.39 is 0 Å². The predicted molar refractivity (Wildman–Crippen MR) is 76.6 cm³/mol. The van der Waals surface area contributed by atoms with Gasteiger partial charge in [-0.25, -0.2) is 0 Å². The van der Waals surface area contributed by atoms with Crippen molar-refractivity contribution in [3.05, 3.63) is 45.3 Å². The molecule has 1 nitrogen and oxygen atoms in total. The van der Waals surface area contributed by atoms with Crippen LogP contribution in [0.1, 0.15) is 0 Å². The summed E-state index contributed by atoms with van der Waals surface area (Å²) >= 11 is 6.91. The Hall–Kier alpha value is -0.0104. The molecule has 0 saturated heterocycles. The Bertz CT molecular complexity index is 569. The fourth-order valence-corrected chi connectivity index (χ4v) is 5.69. The number of para-hydroxylation sites is 1. The summed E-state index contributed by atoms with van der Waals surface area (Å²) in [6, 6.07) is 12.9. The molecule has 0 spiro atoms. The molecule has 1 aliphatic heterocycles. The summed E-state index contributed by atoms with van der Waals surface area (Å²) in [6.45, 7) is 0. The zero-order valence-electron chi connectivity index (χ0n) is 8.13. The molecule has 0 radical (unpaired) electrons. The van der Waals surface area contributed by atoms with Gasteiger partial charge in [-0.05, 0) is 0 Å². The molecule has 1 aliphatic rings. The summed E-state index contributed by atoms with van der Waals surface area (Å²) in [7, 11) is 0. The molecule has 0 aliphatic carbocycles. The number of rotatable bonds is 0. The molecule has 4 heteroatoms. The van der Waals surface area contributed by atoms with Gasteiger partial charge in [0.1, 0.15) is 0 Å². The third-order valence-corrected chi connectivity index (χ3v) is 7.68. The van der Waals surface area contributed by atoms with Crippen LogP contribution >= 0.6 is 31.9 Å². The van der Waals surface area contributed by atoms with Crippen molar-refractivity contribution in [2.75, 3.05) is 5.32 Å². The number of benzene rings is 2. The molecular formula is C12H7Br2NTe. The number of hydrogen-bond donors (Lipinski definition) is 1. The molecule has 80 valence electrons. The van der Waals surface area contributed by atoms with Crippen molar-refractivity contribution in [2.24, 2.45) is 0 Å². The Labute approximate surface area is 121 Å². The van der Waals surface area contributed by atoms with Crippen LogP contribution in [-0.2, 0) is 0 Å². The number of nitrogens with one attached hydrogen (secondary N) is 1. The zero-order chi connectivity index (χ0) is 11.1. The summed E-state index contributed by atoms with van der Waals surface area (Å²) in [4.78, 5) is 0. The van der Waals surface area contributed by atoms with Crippen LogP contribution < -0.4 is 12.5 Å². The molecule has 2 aromatic rings. The van der Waals surface area contributed by atoms with Crippen LogP contribution in [0.2, 0.25) is 0 Å². The van der Waals surface area contributed by atoms with Gasteiger partial charge in [-0.15, -0.1) is 0 Å². The van der Waals surface area contributed by atoms with E-state index in [4.69, 9.17) is 0 Å². The molecule has 0 unspecified atom stereocenters. The summed E-state index contributed by atoms with van der Waals surface area (Å²) in [5.41, 5.74) is 2.49. The summed E-state index contributed by atoms with van der Waals surface area (Å²) in [6.07, 6.45) is 0. The van der Waals surface area contributed by atoms with E-state index in [1.54, 1.807) is 0 Å². The molecule has 0 bridgehead atoms. The fourth-order valence-electron chi connectivity index (χ4n) is 1.65. The Kier molecular flexibility index (Phi) is 3.01. The molecule has 16 heavy (non-hydrogen) atoms. The average Bonchev–Trinajstić information content (AvgIpc) is 2.32. The monoisotopic (exact) mass is 453 g/mol. The van der Waals surface area contributed by atoms with Gasteiger partial charge in [0.15, 0.2) is 0 Å². The molecule has 0 saturated carbocycles. The summed E-state index contributed by atoms with van der Waals surface area (Å²) in [5.74, 6) is 0. The van der Waals surface area contributed by atoms with Crippen molar-refractivity contribution in [1.82, 2.24) is 0 Å². The van der Waals surface area contributed by atoms with Crippen molar-refractivity contribution in [3.8, 4) is 0 Å². The first kappa shape index (κ1) is 11.1. The standard InChI is InChI=1S/C12H7Br2NTe/c13-7-5-6-10-12(11(7)14)15-8-3-1-2-4-9(8)16-10/h1-6,15H. The van der Waals surface area contributed by atoms with Crippen molar-refractivity contribution in [1.29, 1.82) is 0 Å². The summed E-state index contributed by atoms with van der Waals surface area (Å²) < 4.78 is 5.17. The Morgan fingerprint density at radius 3 is 2.62 bits per heavy atom. The number of anilines is 2. The van der Waals surface area contributed by atoms with E-state index in [0.717, 1.165) is 8.95 Å². The average molecular weight is 453 g/mol. The van der Waals surface area contributed by atoms with Crippen LogP contribution in [-0.4, -0.2) is 20.9 Å². The van der Waals surface area contributed by atoms with Crippen molar-refractivity contribution in [3.63, 3.8) is 0 Å². The Morgan fingerprint density at radius 2 is 1.75 bits per heavy atom. The van der Waals surface area contributed by atoms with Crippen molar-refractivity contribution < 1.29 is 0 Å². The van der Waals surface area contributed by atoms with Crippen LogP contribution in [0.4, 0.5) is 11.4 Å². The topological polar surface area (TPSA) is 12.0 Å². The third-order valence-electron chi connectivity index (χ3n) is 2.42. The van der Waals surface area contributed by atoms with Gasteiger partial charge in [-0.2, -0.15) is 0 Å². The SMILES string of the molecule is Brc1ccc2c(c1Br)Nc1ccccc1[Te]2. The second kappa shape index (κ2) is 4.34. The molecule has 0 amide bonds. The second-order valence-electron chi connectivity index (χ2n) is 3.46. The van der Waals surface area contributed by atoms with Gasteiger partial charge in [-0.3, -0.25) is 0 Å². The van der Waals surface area contributed by atoms with Gasteiger partial charge < -0.3 is 0 Å². The molecule has 2 aromatic carbocycles. The number of fused-ring (bicyclic) bond motifs is 2. The second-order valence-corrected chi connectivity index (χ2v) is 8.20. The molecule has 1 N–H and O–H groups in total. The zero-order valence-corrected chi connectivity index (χ0v) is 13.6. The van der Waals surface area contributed by atoms with E-state index in [-0.39, 0.29) is 20.9 Å². The van der Waals surface area contributed by atoms with Gasteiger partial charge in [0.2, 0.25) is 0 Å². The first-order chi connectivity index (χ1) is 7.75. The van der Waals surface area contributed by atoms with E-state index in [2.05, 4.69) is 73.6 Å².